The van der Waals surface area contributed by atoms with Gasteiger partial charge in [-0.15, -0.1) is 0 Å². The number of rotatable bonds is 4. The number of nitrogens with zero attached hydrogens (tertiary/aromatic N) is 2. The topological polar surface area (TPSA) is 105 Å². The quantitative estimate of drug-likeness (QED) is 0.528. The number of ether oxygens (including phenoxy) is 1. The van der Waals surface area contributed by atoms with E-state index in [4.69, 9.17) is 5.26 Å². The van der Waals surface area contributed by atoms with Crippen LogP contribution in [0.15, 0.2) is 42.5 Å². The number of hydrogen-bond acceptors (Lipinski definition) is 6. The summed E-state index contributed by atoms with van der Waals surface area (Å²) in [5.74, 6) is -0.525. The predicted octanol–water partition coefficient (Wildman–Crippen LogP) is 3.00. The van der Waals surface area contributed by atoms with Gasteiger partial charge in [0.1, 0.15) is 6.07 Å². The van der Waals surface area contributed by atoms with E-state index in [-0.39, 0.29) is 11.3 Å². The summed E-state index contributed by atoms with van der Waals surface area (Å²) < 4.78 is 4.69. The molecule has 0 aliphatic rings. The Morgan fingerprint density at radius 3 is 2.64 bits per heavy atom. The van der Waals surface area contributed by atoms with Crippen molar-refractivity contribution >= 4 is 23.0 Å². The van der Waals surface area contributed by atoms with E-state index in [0.29, 0.717) is 16.9 Å². The van der Waals surface area contributed by atoms with Crippen molar-refractivity contribution in [3.05, 3.63) is 63.7 Å². The number of para-hydroxylation sites is 1. The van der Waals surface area contributed by atoms with Crippen LogP contribution in [-0.4, -0.2) is 18.0 Å². The summed E-state index contributed by atoms with van der Waals surface area (Å²) in [5.41, 5.74) is 1.04. The standard InChI is InChI=1S/C15H11N3O4/c1-22-15(19)12-4-2-3-5-14(12)17-13-7-6-11(18(20)21)8-10(13)9-16/h2-8,17H,1H3. The van der Waals surface area contributed by atoms with Crippen molar-refractivity contribution in [1.29, 1.82) is 5.26 Å². The maximum Gasteiger partial charge on any atom is 0.339 e. The summed E-state index contributed by atoms with van der Waals surface area (Å²) in [5, 5.41) is 22.8. The highest BCUT2D eigenvalue weighted by atomic mass is 16.6. The number of esters is 1. The van der Waals surface area contributed by atoms with E-state index in [1.807, 2.05) is 6.07 Å². The fourth-order valence-corrected chi connectivity index (χ4v) is 1.87. The van der Waals surface area contributed by atoms with E-state index in [2.05, 4.69) is 10.1 Å². The van der Waals surface area contributed by atoms with Crippen molar-refractivity contribution in [3.8, 4) is 6.07 Å². The number of nitriles is 1. The average molecular weight is 297 g/mol. The zero-order valence-corrected chi connectivity index (χ0v) is 11.6. The van der Waals surface area contributed by atoms with Gasteiger partial charge in [-0.3, -0.25) is 10.1 Å². The molecule has 0 aromatic heterocycles. The SMILES string of the molecule is COC(=O)c1ccccc1Nc1ccc([N+](=O)[O-])cc1C#N. The summed E-state index contributed by atoms with van der Waals surface area (Å²) in [7, 11) is 1.27. The van der Waals surface area contributed by atoms with Crippen LogP contribution >= 0.6 is 0 Å². The van der Waals surface area contributed by atoms with E-state index in [1.165, 1.54) is 25.3 Å². The molecule has 7 heteroatoms. The molecular formula is C15H11N3O4. The first-order valence-corrected chi connectivity index (χ1v) is 6.19. The zero-order chi connectivity index (χ0) is 16.1. The second-order valence-electron chi connectivity index (χ2n) is 4.26. The normalized spacial score (nSPS) is 9.64. The van der Waals surface area contributed by atoms with Crippen molar-refractivity contribution in [2.75, 3.05) is 12.4 Å². The summed E-state index contributed by atoms with van der Waals surface area (Å²) >= 11 is 0. The lowest BCUT2D eigenvalue weighted by Crippen LogP contribution is -2.06. The number of hydrogen-bond donors (Lipinski definition) is 1. The van der Waals surface area contributed by atoms with Gasteiger partial charge in [0, 0.05) is 12.1 Å². The van der Waals surface area contributed by atoms with Gasteiger partial charge in [0.25, 0.3) is 5.69 Å². The molecule has 1 N–H and O–H groups in total. The number of non-ortho nitro benzene ring substituents is 1. The first kappa shape index (κ1) is 15.0. The minimum atomic E-state index is -0.576. The predicted molar refractivity (Wildman–Crippen MR) is 78.9 cm³/mol. The Morgan fingerprint density at radius 2 is 2.00 bits per heavy atom. The fraction of sp³-hybridized carbons (Fsp3) is 0.0667. The lowest BCUT2D eigenvalue weighted by atomic mass is 10.1. The van der Waals surface area contributed by atoms with E-state index < -0.39 is 10.9 Å². The summed E-state index contributed by atoms with van der Waals surface area (Å²) in [6.07, 6.45) is 0. The molecule has 0 aliphatic carbocycles. The first-order chi connectivity index (χ1) is 10.6. The molecular weight excluding hydrogens is 286 g/mol. The van der Waals surface area contributed by atoms with Crippen LogP contribution in [0.1, 0.15) is 15.9 Å². The number of methoxy groups -OCH3 is 1. The monoisotopic (exact) mass is 297 g/mol. The molecule has 2 rings (SSSR count). The Labute approximate surface area is 125 Å². The third-order valence-electron chi connectivity index (χ3n) is 2.94. The van der Waals surface area contributed by atoms with Gasteiger partial charge in [0.15, 0.2) is 0 Å². The summed E-state index contributed by atoms with van der Waals surface area (Å²) in [4.78, 5) is 21.9. The number of nitro groups is 1. The molecule has 22 heavy (non-hydrogen) atoms. The number of nitro benzene ring substituents is 1. The highest BCUT2D eigenvalue weighted by Crippen LogP contribution is 2.26. The molecule has 110 valence electrons. The van der Waals surface area contributed by atoms with Gasteiger partial charge in [-0.25, -0.2) is 4.79 Å². The lowest BCUT2D eigenvalue weighted by Gasteiger charge is -2.11. The van der Waals surface area contributed by atoms with E-state index >= 15 is 0 Å². The van der Waals surface area contributed by atoms with Crippen LogP contribution < -0.4 is 5.32 Å². The Hall–Kier alpha value is -3.40. The third-order valence-corrected chi connectivity index (χ3v) is 2.94. The Balaban J connectivity index is 2.42. The molecule has 0 heterocycles. The molecule has 0 atom stereocenters. The van der Waals surface area contributed by atoms with Crippen LogP contribution in [0.25, 0.3) is 0 Å². The Bertz CT molecular complexity index is 781. The highest BCUT2D eigenvalue weighted by Gasteiger charge is 2.14. The van der Waals surface area contributed by atoms with Crippen molar-refractivity contribution in [3.63, 3.8) is 0 Å². The fourth-order valence-electron chi connectivity index (χ4n) is 1.87. The van der Waals surface area contributed by atoms with E-state index in [9.17, 15) is 14.9 Å². The number of nitrogens with one attached hydrogen (secondary N) is 1. The van der Waals surface area contributed by atoms with Crippen molar-refractivity contribution in [2.24, 2.45) is 0 Å². The number of carbonyl (C=O) groups is 1. The molecule has 0 bridgehead atoms. The third kappa shape index (κ3) is 3.02. The molecule has 0 amide bonds. The number of anilines is 2. The molecule has 2 aromatic carbocycles. The van der Waals surface area contributed by atoms with Gasteiger partial charge in [-0.2, -0.15) is 5.26 Å². The molecule has 0 unspecified atom stereocenters. The second-order valence-corrected chi connectivity index (χ2v) is 4.26. The van der Waals surface area contributed by atoms with Gasteiger partial charge < -0.3 is 10.1 Å². The summed E-state index contributed by atoms with van der Waals surface area (Å²) in [6, 6.07) is 12.4. The molecule has 0 fully saturated rings. The minimum Gasteiger partial charge on any atom is -0.465 e. The smallest absolute Gasteiger partial charge is 0.339 e. The lowest BCUT2D eigenvalue weighted by molar-refractivity contribution is -0.384. The Kier molecular flexibility index (Phi) is 4.34. The molecule has 0 radical (unpaired) electrons. The van der Waals surface area contributed by atoms with Crippen molar-refractivity contribution < 1.29 is 14.5 Å². The summed E-state index contributed by atoms with van der Waals surface area (Å²) in [6.45, 7) is 0. The maximum absolute atomic E-state index is 11.7. The van der Waals surface area contributed by atoms with Gasteiger partial charge in [0.2, 0.25) is 0 Å². The Morgan fingerprint density at radius 1 is 1.27 bits per heavy atom. The molecule has 0 saturated heterocycles. The van der Waals surface area contributed by atoms with Crippen molar-refractivity contribution in [2.45, 2.75) is 0 Å². The number of carbonyl (C=O) groups excluding carboxylic acids is 1. The van der Waals surface area contributed by atoms with Crippen molar-refractivity contribution in [1.82, 2.24) is 0 Å². The maximum atomic E-state index is 11.7. The minimum absolute atomic E-state index is 0.105. The van der Waals surface area contributed by atoms with E-state index in [1.54, 1.807) is 24.3 Å². The first-order valence-electron chi connectivity index (χ1n) is 6.19. The van der Waals surface area contributed by atoms with Crippen LogP contribution in [-0.2, 0) is 4.74 Å². The molecule has 0 spiro atoms. The van der Waals surface area contributed by atoms with Crippen LogP contribution in [0.3, 0.4) is 0 Å². The number of benzene rings is 2. The molecule has 0 saturated carbocycles. The van der Waals surface area contributed by atoms with Gasteiger partial charge in [0.05, 0.1) is 34.5 Å². The average Bonchev–Trinajstić information content (AvgIpc) is 2.54. The largest absolute Gasteiger partial charge is 0.465 e. The molecule has 7 nitrogen and oxygen atoms in total. The van der Waals surface area contributed by atoms with Crippen LogP contribution in [0.4, 0.5) is 17.1 Å². The zero-order valence-electron chi connectivity index (χ0n) is 11.6. The van der Waals surface area contributed by atoms with Gasteiger partial charge in [-0.05, 0) is 18.2 Å². The molecule has 0 aliphatic heterocycles. The van der Waals surface area contributed by atoms with Gasteiger partial charge in [-0.1, -0.05) is 12.1 Å². The second kappa shape index (κ2) is 6.37. The van der Waals surface area contributed by atoms with Crippen LogP contribution in [0.2, 0.25) is 0 Å². The molecule has 2 aromatic rings. The van der Waals surface area contributed by atoms with E-state index in [0.717, 1.165) is 0 Å². The van der Waals surface area contributed by atoms with Crippen LogP contribution in [0, 0.1) is 21.4 Å². The highest BCUT2D eigenvalue weighted by molar-refractivity contribution is 5.96. The van der Waals surface area contributed by atoms with Crippen LogP contribution in [0.5, 0.6) is 0 Å². The van der Waals surface area contributed by atoms with Gasteiger partial charge >= 0.3 is 5.97 Å².